The van der Waals surface area contributed by atoms with E-state index < -0.39 is 6.10 Å². The minimum atomic E-state index is -0.602. The molecule has 1 unspecified atom stereocenters. The smallest absolute Gasteiger partial charge is 0.207 e. The van der Waals surface area contributed by atoms with Gasteiger partial charge in [-0.05, 0) is 38.0 Å². The first-order chi connectivity index (χ1) is 13.0. The van der Waals surface area contributed by atoms with Crippen molar-refractivity contribution in [3.05, 3.63) is 53.1 Å². The standard InChI is InChI=1S/C19H29N5O3/c1-13(2)19-16(22-20)10-18(23-24-19)26-9-8-21-11-15(25)12-27-17-7-5-4-6-14(17)3/h4-7,10,15,21,23-25H,8-9,11-12,20H2,1-3H3. The number of ether oxygens (including phenoxy) is 2. The molecule has 8 heteroatoms. The summed E-state index contributed by atoms with van der Waals surface area (Å²) in [6.07, 6.45) is 1.14. The molecule has 0 radical (unpaired) electrons. The highest BCUT2D eigenvalue weighted by Gasteiger charge is 2.15. The van der Waals surface area contributed by atoms with Crippen molar-refractivity contribution in [3.63, 3.8) is 0 Å². The summed E-state index contributed by atoms with van der Waals surface area (Å²) in [5.41, 5.74) is 9.54. The Labute approximate surface area is 160 Å². The molecule has 0 aliphatic carbocycles. The number of hydrogen-bond donors (Lipinski definition) is 5. The Morgan fingerprint density at radius 2 is 2.04 bits per heavy atom. The predicted octanol–water partition coefficient (Wildman–Crippen LogP) is 0.899. The van der Waals surface area contributed by atoms with E-state index in [0.29, 0.717) is 31.3 Å². The molecule has 1 heterocycles. The highest BCUT2D eigenvalue weighted by molar-refractivity contribution is 6.09. The molecule has 1 atom stereocenters. The van der Waals surface area contributed by atoms with Crippen molar-refractivity contribution in [1.82, 2.24) is 16.2 Å². The van der Waals surface area contributed by atoms with Gasteiger partial charge in [-0.2, -0.15) is 5.10 Å². The second-order valence-corrected chi connectivity index (χ2v) is 6.43. The maximum Gasteiger partial charge on any atom is 0.207 e. The molecule has 6 N–H and O–H groups in total. The number of nitrogens with zero attached hydrogens (tertiary/aromatic N) is 1. The summed E-state index contributed by atoms with van der Waals surface area (Å²) in [6.45, 7) is 7.55. The Hall–Kier alpha value is -2.71. The Morgan fingerprint density at radius 1 is 1.26 bits per heavy atom. The zero-order valence-electron chi connectivity index (χ0n) is 16.1. The van der Waals surface area contributed by atoms with Crippen LogP contribution in [0.15, 0.2) is 52.6 Å². The second-order valence-electron chi connectivity index (χ2n) is 6.43. The number of allylic oxidation sites excluding steroid dienone is 2. The van der Waals surface area contributed by atoms with Crippen molar-refractivity contribution in [2.75, 3.05) is 26.3 Å². The van der Waals surface area contributed by atoms with E-state index in [-0.39, 0.29) is 6.61 Å². The Balaban J connectivity index is 1.64. The lowest BCUT2D eigenvalue weighted by Gasteiger charge is -2.22. The summed E-state index contributed by atoms with van der Waals surface area (Å²) in [6, 6.07) is 7.73. The van der Waals surface area contributed by atoms with E-state index in [4.69, 9.17) is 15.3 Å². The van der Waals surface area contributed by atoms with Crippen molar-refractivity contribution in [2.45, 2.75) is 26.9 Å². The van der Waals surface area contributed by atoms with Gasteiger partial charge in [-0.25, -0.2) is 0 Å². The number of benzene rings is 1. The third-order valence-electron chi connectivity index (χ3n) is 3.91. The van der Waals surface area contributed by atoms with Gasteiger partial charge in [0.25, 0.3) is 0 Å². The number of aliphatic hydroxyl groups is 1. The van der Waals surface area contributed by atoms with Gasteiger partial charge in [-0.15, -0.1) is 0 Å². The van der Waals surface area contributed by atoms with Gasteiger partial charge in [-0.1, -0.05) is 18.2 Å². The fraction of sp³-hybridized carbons (Fsp3) is 0.421. The lowest BCUT2D eigenvalue weighted by molar-refractivity contribution is 0.103. The zero-order valence-corrected chi connectivity index (χ0v) is 16.1. The van der Waals surface area contributed by atoms with Gasteiger partial charge in [0.2, 0.25) is 5.88 Å². The van der Waals surface area contributed by atoms with E-state index in [0.717, 1.165) is 22.6 Å². The number of para-hydroxylation sites is 1. The van der Waals surface area contributed by atoms with Crippen LogP contribution in [0, 0.1) is 6.92 Å². The summed E-state index contributed by atoms with van der Waals surface area (Å²) in [7, 11) is 0. The normalized spacial score (nSPS) is 16.2. The molecule has 0 saturated carbocycles. The number of hydrazine groups is 1. The number of aliphatic hydroxyl groups excluding tert-OH is 1. The Kier molecular flexibility index (Phi) is 7.97. The van der Waals surface area contributed by atoms with Crippen LogP contribution in [0.4, 0.5) is 0 Å². The lowest BCUT2D eigenvalue weighted by atomic mass is 10.1. The molecule has 27 heavy (non-hydrogen) atoms. The third-order valence-corrected chi connectivity index (χ3v) is 3.91. The number of hydrazone groups is 1. The van der Waals surface area contributed by atoms with Gasteiger partial charge in [0.05, 0.1) is 5.70 Å². The molecule has 1 aromatic carbocycles. The maximum absolute atomic E-state index is 10.0. The topological polar surface area (TPSA) is 113 Å². The molecule has 0 saturated heterocycles. The molecule has 0 fully saturated rings. The molecule has 0 amide bonds. The van der Waals surface area contributed by atoms with Crippen LogP contribution in [-0.2, 0) is 4.74 Å². The summed E-state index contributed by atoms with van der Waals surface area (Å²) in [4.78, 5) is 0. The monoisotopic (exact) mass is 375 g/mol. The second kappa shape index (κ2) is 10.4. The highest BCUT2D eigenvalue weighted by Crippen LogP contribution is 2.16. The van der Waals surface area contributed by atoms with Crippen LogP contribution >= 0.6 is 0 Å². The SMILES string of the molecule is CC(C)=C1NNC(OCCNCC(O)COc2ccccc2C)=CC1=NN. The first-order valence-electron chi connectivity index (χ1n) is 8.90. The number of rotatable bonds is 9. The molecule has 8 nitrogen and oxygen atoms in total. The van der Waals surface area contributed by atoms with Gasteiger partial charge >= 0.3 is 0 Å². The van der Waals surface area contributed by atoms with Crippen LogP contribution < -0.4 is 26.7 Å². The number of hydrogen-bond acceptors (Lipinski definition) is 8. The Morgan fingerprint density at radius 3 is 2.74 bits per heavy atom. The molecule has 0 bridgehead atoms. The maximum atomic E-state index is 10.0. The summed E-state index contributed by atoms with van der Waals surface area (Å²) in [5.74, 6) is 6.74. The molecule has 1 aliphatic heterocycles. The lowest BCUT2D eigenvalue weighted by Crippen LogP contribution is -2.40. The van der Waals surface area contributed by atoms with E-state index in [1.165, 1.54) is 0 Å². The van der Waals surface area contributed by atoms with E-state index in [2.05, 4.69) is 21.3 Å². The fourth-order valence-corrected chi connectivity index (χ4v) is 2.45. The zero-order chi connectivity index (χ0) is 19.6. The van der Waals surface area contributed by atoms with Crippen molar-refractivity contribution < 1.29 is 14.6 Å². The minimum absolute atomic E-state index is 0.233. The van der Waals surface area contributed by atoms with E-state index in [9.17, 15) is 5.11 Å². The van der Waals surface area contributed by atoms with Gasteiger partial charge < -0.3 is 25.7 Å². The average Bonchev–Trinajstić information content (AvgIpc) is 2.66. The van der Waals surface area contributed by atoms with Gasteiger partial charge in [-0.3, -0.25) is 10.9 Å². The molecular weight excluding hydrogens is 346 g/mol. The summed E-state index contributed by atoms with van der Waals surface area (Å²) in [5, 5.41) is 16.9. The third kappa shape index (κ3) is 6.50. The van der Waals surface area contributed by atoms with Crippen LogP contribution in [0.3, 0.4) is 0 Å². The number of nitrogens with one attached hydrogen (secondary N) is 3. The summed E-state index contributed by atoms with van der Waals surface area (Å²) >= 11 is 0. The van der Waals surface area contributed by atoms with Crippen LogP contribution in [-0.4, -0.2) is 43.2 Å². The molecule has 2 rings (SSSR count). The van der Waals surface area contributed by atoms with Crippen molar-refractivity contribution in [3.8, 4) is 5.75 Å². The molecule has 1 aromatic rings. The molecule has 0 aromatic heterocycles. The van der Waals surface area contributed by atoms with Crippen molar-refractivity contribution in [1.29, 1.82) is 0 Å². The first kappa shape index (κ1) is 20.6. The summed E-state index contributed by atoms with van der Waals surface area (Å²) < 4.78 is 11.2. The fourth-order valence-electron chi connectivity index (χ4n) is 2.45. The molecule has 1 aliphatic rings. The quantitative estimate of drug-likeness (QED) is 0.248. The molecule has 0 spiro atoms. The largest absolute Gasteiger partial charge is 0.491 e. The van der Waals surface area contributed by atoms with Crippen LogP contribution in [0.2, 0.25) is 0 Å². The van der Waals surface area contributed by atoms with Gasteiger partial charge in [0.1, 0.15) is 30.8 Å². The molecular formula is C19H29N5O3. The predicted molar refractivity (Wildman–Crippen MR) is 106 cm³/mol. The average molecular weight is 375 g/mol. The van der Waals surface area contributed by atoms with Crippen LogP contribution in [0.5, 0.6) is 5.75 Å². The number of nitrogens with two attached hydrogens (primary N) is 1. The van der Waals surface area contributed by atoms with Crippen LogP contribution in [0.25, 0.3) is 0 Å². The minimum Gasteiger partial charge on any atom is -0.491 e. The van der Waals surface area contributed by atoms with Crippen LogP contribution in [0.1, 0.15) is 19.4 Å². The van der Waals surface area contributed by atoms with E-state index in [1.54, 1.807) is 6.08 Å². The van der Waals surface area contributed by atoms with Gasteiger partial charge in [0.15, 0.2) is 0 Å². The Bertz CT molecular complexity index is 711. The van der Waals surface area contributed by atoms with E-state index in [1.807, 2.05) is 45.0 Å². The first-order valence-corrected chi connectivity index (χ1v) is 8.90. The van der Waals surface area contributed by atoms with Crippen molar-refractivity contribution >= 4 is 5.71 Å². The van der Waals surface area contributed by atoms with Gasteiger partial charge in [0, 0.05) is 19.2 Å². The number of aryl methyl sites for hydroxylation is 1. The van der Waals surface area contributed by atoms with Crippen molar-refractivity contribution in [2.24, 2.45) is 10.9 Å². The molecule has 148 valence electrons. The van der Waals surface area contributed by atoms with E-state index >= 15 is 0 Å². The highest BCUT2D eigenvalue weighted by atomic mass is 16.5.